The van der Waals surface area contributed by atoms with E-state index in [1.165, 1.54) is 32.1 Å². The van der Waals surface area contributed by atoms with Crippen molar-refractivity contribution in [1.29, 1.82) is 0 Å². The fourth-order valence-electron chi connectivity index (χ4n) is 4.72. The van der Waals surface area contributed by atoms with Gasteiger partial charge in [0.25, 0.3) is 0 Å². The highest BCUT2D eigenvalue weighted by Gasteiger charge is 2.48. The van der Waals surface area contributed by atoms with Crippen LogP contribution >= 0.6 is 23.2 Å². The summed E-state index contributed by atoms with van der Waals surface area (Å²) in [7, 11) is -1.78. The Morgan fingerprint density at radius 3 is 2.19 bits per heavy atom. The second-order valence-corrected chi connectivity index (χ2v) is 13.8. The van der Waals surface area contributed by atoms with E-state index < -0.39 is 8.32 Å². The minimum Gasteiger partial charge on any atom is -0.409 e. The summed E-state index contributed by atoms with van der Waals surface area (Å²) in [5, 5.41) is 4.97. The largest absolute Gasteiger partial charge is 0.409 e. The van der Waals surface area contributed by atoms with Gasteiger partial charge in [-0.05, 0) is 49.2 Å². The average molecular weight is 415 g/mol. The molecule has 1 heterocycles. The van der Waals surface area contributed by atoms with E-state index >= 15 is 0 Å². The first-order valence-corrected chi connectivity index (χ1v) is 13.4. The second-order valence-electron chi connectivity index (χ2n) is 8.23. The molecular weight excluding hydrogens is 383 g/mol. The molecule has 6 heteroatoms. The zero-order valence-corrected chi connectivity index (χ0v) is 18.8. The molecule has 2 aliphatic carbocycles. The van der Waals surface area contributed by atoms with Gasteiger partial charge in [-0.1, -0.05) is 50.4 Å². The van der Waals surface area contributed by atoms with Crippen LogP contribution in [0.25, 0.3) is 0 Å². The van der Waals surface area contributed by atoms with Gasteiger partial charge in [-0.2, -0.15) is 0 Å². The van der Waals surface area contributed by atoms with E-state index in [0.29, 0.717) is 21.5 Å². The highest BCUT2D eigenvalue weighted by atomic mass is 35.5. The van der Waals surface area contributed by atoms with Crippen molar-refractivity contribution in [2.75, 3.05) is 6.54 Å². The first kappa shape index (κ1) is 20.6. The molecule has 3 nitrogen and oxygen atoms in total. The maximum Gasteiger partial charge on any atom is 0.192 e. The summed E-state index contributed by atoms with van der Waals surface area (Å²) in [5.41, 5.74) is 1.58. The highest BCUT2D eigenvalue weighted by Crippen LogP contribution is 2.55. The van der Waals surface area contributed by atoms with Crippen molar-refractivity contribution < 1.29 is 4.43 Å². The average Bonchev–Trinajstić information content (AvgIpc) is 2.56. The third kappa shape index (κ3) is 4.15. The van der Waals surface area contributed by atoms with E-state index in [9.17, 15) is 0 Å². The topological polar surface area (TPSA) is 34.1 Å². The maximum absolute atomic E-state index is 6.82. The van der Waals surface area contributed by atoms with E-state index in [1.54, 1.807) is 12.4 Å². The predicted octanol–water partition coefficient (Wildman–Crippen LogP) is 6.37. The van der Waals surface area contributed by atoms with E-state index in [1.807, 2.05) is 0 Å². The van der Waals surface area contributed by atoms with Gasteiger partial charge in [-0.15, -0.1) is 0 Å². The van der Waals surface area contributed by atoms with Gasteiger partial charge in [-0.25, -0.2) is 0 Å². The number of aromatic nitrogens is 1. The van der Waals surface area contributed by atoms with Crippen molar-refractivity contribution in [3.8, 4) is 0 Å². The van der Waals surface area contributed by atoms with Gasteiger partial charge in [0.05, 0.1) is 16.1 Å². The number of rotatable bonds is 9. The number of pyridine rings is 1. The quantitative estimate of drug-likeness (QED) is 0.476. The molecule has 2 saturated carbocycles. The second kappa shape index (κ2) is 8.48. The third-order valence-electron chi connectivity index (χ3n) is 6.90. The number of halogens is 2. The molecule has 0 radical (unpaired) electrons. The van der Waals surface area contributed by atoms with Gasteiger partial charge in [-0.3, -0.25) is 4.98 Å². The minimum absolute atomic E-state index is 0.0949. The minimum atomic E-state index is -1.78. The van der Waals surface area contributed by atoms with E-state index in [0.717, 1.165) is 30.2 Å². The van der Waals surface area contributed by atoms with Gasteiger partial charge in [0.15, 0.2) is 8.32 Å². The van der Waals surface area contributed by atoms with Crippen molar-refractivity contribution in [1.82, 2.24) is 10.3 Å². The van der Waals surface area contributed by atoms with Crippen LogP contribution in [0.2, 0.25) is 28.2 Å². The molecule has 1 N–H and O–H groups in total. The van der Waals surface area contributed by atoms with E-state index in [2.05, 4.69) is 31.1 Å². The molecule has 26 heavy (non-hydrogen) atoms. The molecule has 0 amide bonds. The molecular formula is C20H32Cl2N2OSi. The molecule has 3 rings (SSSR count). The van der Waals surface area contributed by atoms with Gasteiger partial charge >= 0.3 is 0 Å². The van der Waals surface area contributed by atoms with Crippen molar-refractivity contribution >= 4 is 31.5 Å². The number of hydrogen-bond donors (Lipinski definition) is 1. The molecule has 1 aromatic rings. The highest BCUT2D eigenvalue weighted by molar-refractivity contribution is 6.73. The summed E-state index contributed by atoms with van der Waals surface area (Å²) < 4.78 is 6.82. The summed E-state index contributed by atoms with van der Waals surface area (Å²) in [6, 6.07) is 3.96. The Labute approximate surface area is 169 Å². The number of nitrogens with one attached hydrogen (secondary N) is 1. The first-order chi connectivity index (χ1) is 12.5. The van der Waals surface area contributed by atoms with Crippen LogP contribution in [0.5, 0.6) is 0 Å². The fraction of sp³-hybridized carbons (Fsp3) is 0.750. The van der Waals surface area contributed by atoms with Crippen LogP contribution in [0.15, 0.2) is 12.4 Å². The summed E-state index contributed by atoms with van der Waals surface area (Å²) in [4.78, 5) is 4.12. The smallest absolute Gasteiger partial charge is 0.192 e. The van der Waals surface area contributed by atoms with Crippen LogP contribution in [0.1, 0.15) is 64.5 Å². The lowest BCUT2D eigenvalue weighted by Crippen LogP contribution is -2.53. The predicted molar refractivity (Wildman–Crippen MR) is 113 cm³/mol. The summed E-state index contributed by atoms with van der Waals surface area (Å²) in [6.07, 6.45) is 10.2. The normalized spacial score (nSPS) is 20.7. The molecule has 1 spiro atoms. The van der Waals surface area contributed by atoms with Gasteiger partial charge in [0.2, 0.25) is 0 Å². The molecule has 2 fully saturated rings. The SMILES string of the molecule is CC[Si](CC)(CC)O[C@H](CNC1CC2(CCC2)C1)c1c(Cl)cncc1Cl. The summed E-state index contributed by atoms with van der Waals surface area (Å²) >= 11 is 13.0. The van der Waals surface area contributed by atoms with Crippen LogP contribution in [0.3, 0.4) is 0 Å². The van der Waals surface area contributed by atoms with Crippen LogP contribution in [-0.2, 0) is 4.43 Å². The third-order valence-corrected chi connectivity index (χ3v) is 12.2. The van der Waals surface area contributed by atoms with E-state index in [-0.39, 0.29) is 6.10 Å². The zero-order chi connectivity index (χ0) is 18.8. The molecule has 0 unspecified atom stereocenters. The number of hydrogen-bond acceptors (Lipinski definition) is 3. The van der Waals surface area contributed by atoms with Crippen LogP contribution in [0, 0.1) is 5.41 Å². The lowest BCUT2D eigenvalue weighted by Gasteiger charge is -2.54. The van der Waals surface area contributed by atoms with Crippen LogP contribution < -0.4 is 5.32 Å². The van der Waals surface area contributed by atoms with E-state index in [4.69, 9.17) is 27.6 Å². The van der Waals surface area contributed by atoms with Crippen molar-refractivity contribution in [3.63, 3.8) is 0 Å². The van der Waals surface area contributed by atoms with Crippen LogP contribution in [-0.4, -0.2) is 25.9 Å². The fourth-order valence-corrected chi connectivity index (χ4v) is 8.13. The zero-order valence-electron chi connectivity index (χ0n) is 16.3. The van der Waals surface area contributed by atoms with Gasteiger partial charge in [0, 0.05) is 30.5 Å². The molecule has 2 aliphatic rings. The molecule has 0 saturated heterocycles. The van der Waals surface area contributed by atoms with Gasteiger partial charge in [0.1, 0.15) is 0 Å². The molecule has 0 bridgehead atoms. The maximum atomic E-state index is 6.82. The molecule has 1 aromatic heterocycles. The van der Waals surface area contributed by atoms with Crippen molar-refractivity contribution in [3.05, 3.63) is 28.0 Å². The van der Waals surface area contributed by atoms with Crippen molar-refractivity contribution in [2.24, 2.45) is 5.41 Å². The Hall–Kier alpha value is -0.133. The molecule has 0 aromatic carbocycles. The molecule has 1 atom stereocenters. The Bertz CT molecular complexity index is 583. The lowest BCUT2D eigenvalue weighted by molar-refractivity contribution is -0.00565. The summed E-state index contributed by atoms with van der Waals surface area (Å²) in [6.45, 7) is 7.54. The Morgan fingerprint density at radius 1 is 1.15 bits per heavy atom. The number of nitrogens with zero attached hydrogens (tertiary/aromatic N) is 1. The lowest BCUT2D eigenvalue weighted by atomic mass is 9.54. The van der Waals surface area contributed by atoms with Crippen molar-refractivity contribution in [2.45, 2.75) is 83.2 Å². The van der Waals surface area contributed by atoms with Crippen LogP contribution in [0.4, 0.5) is 0 Å². The monoisotopic (exact) mass is 414 g/mol. The summed E-state index contributed by atoms with van der Waals surface area (Å²) in [5.74, 6) is 0. The first-order valence-electron chi connectivity index (χ1n) is 10.2. The Kier molecular flexibility index (Phi) is 6.72. The standard InChI is InChI=1S/C20H32Cl2N2OSi/c1-4-26(5-2,6-3)25-18(19-16(21)12-23-13-17(19)22)14-24-15-10-20(11-15)8-7-9-20/h12-13,15,18,24H,4-11,14H2,1-3H3/t18-/m1/s1. The Balaban J connectivity index is 1.73. The molecule has 146 valence electrons. The van der Waals surface area contributed by atoms with Gasteiger partial charge < -0.3 is 9.74 Å². The Morgan fingerprint density at radius 2 is 1.73 bits per heavy atom. The molecule has 0 aliphatic heterocycles.